The third-order valence-electron chi connectivity index (χ3n) is 3.89. The van der Waals surface area contributed by atoms with E-state index in [1.165, 1.54) is 11.3 Å². The van der Waals surface area contributed by atoms with Crippen LogP contribution in [-0.2, 0) is 0 Å². The number of nitrogens with zero attached hydrogens (tertiary/aromatic N) is 1. The molecule has 0 spiro atoms. The number of thiophene rings is 2. The van der Waals surface area contributed by atoms with E-state index in [0.717, 1.165) is 47.9 Å². The van der Waals surface area contributed by atoms with Crippen molar-refractivity contribution in [3.8, 4) is 6.07 Å². The number of amides is 1. The molecule has 1 saturated carbocycles. The van der Waals surface area contributed by atoms with Gasteiger partial charge in [0.05, 0.1) is 10.9 Å². The summed E-state index contributed by atoms with van der Waals surface area (Å²) in [5, 5.41) is 14.5. The minimum Gasteiger partial charge on any atom is -0.333 e. The van der Waals surface area contributed by atoms with E-state index in [-0.39, 0.29) is 5.91 Å². The molecule has 3 nitrogen and oxygen atoms in total. The molecule has 2 aromatic heterocycles. The molecule has 0 unspecified atom stereocenters. The van der Waals surface area contributed by atoms with Crippen molar-refractivity contribution in [2.45, 2.75) is 44.1 Å². The molecule has 0 bridgehead atoms. The van der Waals surface area contributed by atoms with Gasteiger partial charge in [0.1, 0.15) is 5.54 Å². The maximum Gasteiger partial charge on any atom is 0.262 e. The summed E-state index contributed by atoms with van der Waals surface area (Å²) in [6.07, 6.45) is 5.91. The summed E-state index contributed by atoms with van der Waals surface area (Å²) >= 11 is 3.15. The van der Waals surface area contributed by atoms with Crippen LogP contribution in [0.15, 0.2) is 17.5 Å². The van der Waals surface area contributed by atoms with E-state index in [0.29, 0.717) is 4.88 Å². The Morgan fingerprint density at radius 2 is 2.00 bits per heavy atom. The highest BCUT2D eigenvalue weighted by molar-refractivity contribution is 7.27. The fraction of sp³-hybridized carbons (Fsp3) is 0.467. The van der Waals surface area contributed by atoms with Crippen LogP contribution in [0.5, 0.6) is 0 Å². The van der Waals surface area contributed by atoms with Crippen molar-refractivity contribution in [2.75, 3.05) is 0 Å². The zero-order valence-corrected chi connectivity index (χ0v) is 12.8. The van der Waals surface area contributed by atoms with Crippen molar-refractivity contribution in [3.05, 3.63) is 22.4 Å². The second-order valence-electron chi connectivity index (χ2n) is 5.32. The maximum atomic E-state index is 12.4. The van der Waals surface area contributed by atoms with Crippen LogP contribution < -0.4 is 5.32 Å². The van der Waals surface area contributed by atoms with E-state index in [9.17, 15) is 10.1 Å². The van der Waals surface area contributed by atoms with Crippen molar-refractivity contribution in [2.24, 2.45) is 0 Å². The molecule has 3 rings (SSSR count). The smallest absolute Gasteiger partial charge is 0.262 e. The molecule has 1 fully saturated rings. The highest BCUT2D eigenvalue weighted by Crippen LogP contribution is 2.31. The van der Waals surface area contributed by atoms with Gasteiger partial charge < -0.3 is 5.32 Å². The Labute approximate surface area is 126 Å². The van der Waals surface area contributed by atoms with E-state index in [2.05, 4.69) is 11.4 Å². The van der Waals surface area contributed by atoms with Gasteiger partial charge in [-0.3, -0.25) is 4.79 Å². The summed E-state index contributed by atoms with van der Waals surface area (Å²) in [4.78, 5) is 13.1. The second kappa shape index (κ2) is 5.55. The molecule has 0 aliphatic heterocycles. The SMILES string of the molecule is N#CC1(NC(=O)c2cc3sccc3s2)CCCCCC1. The summed E-state index contributed by atoms with van der Waals surface area (Å²) in [6.45, 7) is 0. The average Bonchev–Trinajstić information content (AvgIpc) is 2.96. The normalized spacial score (nSPS) is 18.4. The molecule has 1 amide bonds. The monoisotopic (exact) mass is 304 g/mol. The lowest BCUT2D eigenvalue weighted by atomic mass is 9.92. The fourth-order valence-electron chi connectivity index (χ4n) is 2.75. The molecule has 1 aliphatic carbocycles. The van der Waals surface area contributed by atoms with Crippen molar-refractivity contribution in [3.63, 3.8) is 0 Å². The highest BCUT2D eigenvalue weighted by atomic mass is 32.1. The third kappa shape index (κ3) is 2.58. The van der Waals surface area contributed by atoms with Crippen LogP contribution in [0.25, 0.3) is 9.40 Å². The molecule has 0 saturated heterocycles. The maximum absolute atomic E-state index is 12.4. The first-order chi connectivity index (χ1) is 9.72. The van der Waals surface area contributed by atoms with Crippen LogP contribution in [0, 0.1) is 11.3 Å². The molecule has 20 heavy (non-hydrogen) atoms. The first-order valence-electron chi connectivity index (χ1n) is 6.93. The lowest BCUT2D eigenvalue weighted by Gasteiger charge is -2.25. The second-order valence-corrected chi connectivity index (χ2v) is 7.35. The fourth-order valence-corrected chi connectivity index (χ4v) is 4.76. The van der Waals surface area contributed by atoms with Gasteiger partial charge in [0.25, 0.3) is 5.91 Å². The predicted molar refractivity (Wildman–Crippen MR) is 83.2 cm³/mol. The van der Waals surface area contributed by atoms with Crippen LogP contribution in [0.2, 0.25) is 0 Å². The number of nitriles is 1. The van der Waals surface area contributed by atoms with Crippen molar-refractivity contribution >= 4 is 38.0 Å². The first-order valence-corrected chi connectivity index (χ1v) is 8.63. The van der Waals surface area contributed by atoms with Gasteiger partial charge in [-0.25, -0.2) is 0 Å². The zero-order chi connectivity index (χ0) is 14.0. The summed E-state index contributed by atoms with van der Waals surface area (Å²) in [5.41, 5.74) is -0.662. The molecular weight excluding hydrogens is 288 g/mol. The molecule has 1 aliphatic rings. The average molecular weight is 304 g/mol. The molecule has 1 N–H and O–H groups in total. The van der Waals surface area contributed by atoms with E-state index in [1.54, 1.807) is 11.3 Å². The van der Waals surface area contributed by atoms with E-state index < -0.39 is 5.54 Å². The minimum absolute atomic E-state index is 0.0955. The predicted octanol–water partition coefficient (Wildman–Crippen LogP) is 4.31. The van der Waals surface area contributed by atoms with E-state index >= 15 is 0 Å². The van der Waals surface area contributed by atoms with Crippen LogP contribution in [0.4, 0.5) is 0 Å². The number of hydrogen-bond donors (Lipinski definition) is 1. The van der Waals surface area contributed by atoms with Crippen molar-refractivity contribution in [1.29, 1.82) is 5.26 Å². The Bertz CT molecular complexity index is 628. The van der Waals surface area contributed by atoms with Crippen molar-refractivity contribution in [1.82, 2.24) is 5.32 Å². The summed E-state index contributed by atoms with van der Waals surface area (Å²) in [5.74, 6) is -0.0955. The summed E-state index contributed by atoms with van der Waals surface area (Å²) < 4.78 is 2.29. The quantitative estimate of drug-likeness (QED) is 0.841. The number of carbonyl (C=O) groups is 1. The van der Waals surface area contributed by atoms with Gasteiger partial charge in [0.2, 0.25) is 0 Å². The van der Waals surface area contributed by atoms with E-state index in [1.807, 2.05) is 17.5 Å². The topological polar surface area (TPSA) is 52.9 Å². The number of nitrogens with one attached hydrogen (secondary N) is 1. The molecule has 5 heteroatoms. The molecule has 0 radical (unpaired) electrons. The molecular formula is C15H16N2OS2. The van der Waals surface area contributed by atoms with Crippen LogP contribution in [0.3, 0.4) is 0 Å². The first kappa shape index (κ1) is 13.6. The molecule has 2 aromatic rings. The zero-order valence-electron chi connectivity index (χ0n) is 11.1. The van der Waals surface area contributed by atoms with E-state index in [4.69, 9.17) is 0 Å². The Hall–Kier alpha value is -1.38. The van der Waals surface area contributed by atoms with Gasteiger partial charge in [-0.1, -0.05) is 25.7 Å². The standard InChI is InChI=1S/C15H16N2OS2/c16-10-15(6-3-1-2-4-7-15)17-14(18)13-9-12-11(20-13)5-8-19-12/h5,8-9H,1-4,6-7H2,(H,17,18). The largest absolute Gasteiger partial charge is 0.333 e. The number of carbonyl (C=O) groups excluding carboxylic acids is 1. The highest BCUT2D eigenvalue weighted by Gasteiger charge is 2.33. The lowest BCUT2D eigenvalue weighted by Crippen LogP contribution is -2.46. The minimum atomic E-state index is -0.662. The van der Waals surface area contributed by atoms with Gasteiger partial charge in [-0.15, -0.1) is 22.7 Å². The number of rotatable bonds is 2. The third-order valence-corrected chi connectivity index (χ3v) is 5.98. The molecule has 2 heterocycles. The molecule has 0 aromatic carbocycles. The number of fused-ring (bicyclic) bond motifs is 1. The van der Waals surface area contributed by atoms with Gasteiger partial charge in [-0.2, -0.15) is 5.26 Å². The molecule has 104 valence electrons. The Kier molecular flexibility index (Phi) is 3.77. The van der Waals surface area contributed by atoms with Crippen LogP contribution >= 0.6 is 22.7 Å². The number of hydrogen-bond acceptors (Lipinski definition) is 4. The summed E-state index contributed by atoms with van der Waals surface area (Å²) in [7, 11) is 0. The van der Waals surface area contributed by atoms with Crippen molar-refractivity contribution < 1.29 is 4.79 Å². The van der Waals surface area contributed by atoms with Gasteiger partial charge in [0.15, 0.2) is 0 Å². The Morgan fingerprint density at radius 1 is 1.25 bits per heavy atom. The molecule has 0 atom stereocenters. The summed E-state index contributed by atoms with van der Waals surface area (Å²) in [6, 6.07) is 6.33. The van der Waals surface area contributed by atoms with Gasteiger partial charge >= 0.3 is 0 Å². The lowest BCUT2D eigenvalue weighted by molar-refractivity contribution is 0.0917. The van der Waals surface area contributed by atoms with Crippen LogP contribution in [0.1, 0.15) is 48.2 Å². The Morgan fingerprint density at radius 3 is 2.65 bits per heavy atom. The van der Waals surface area contributed by atoms with Gasteiger partial charge in [0, 0.05) is 9.40 Å². The van der Waals surface area contributed by atoms with Crippen LogP contribution in [-0.4, -0.2) is 11.4 Å². The van der Waals surface area contributed by atoms with Gasteiger partial charge in [-0.05, 0) is 30.4 Å². The Balaban J connectivity index is 1.80.